The van der Waals surface area contributed by atoms with Crippen molar-refractivity contribution >= 4 is 59.9 Å². The Morgan fingerprint density at radius 1 is 0.974 bits per heavy atom. The molecule has 4 aromatic rings. The topological polar surface area (TPSA) is 83.0 Å². The number of anilines is 2. The molecule has 3 aromatic carbocycles. The lowest BCUT2D eigenvalue weighted by atomic mass is 10.2. The van der Waals surface area contributed by atoms with Crippen molar-refractivity contribution in [3.8, 4) is 5.75 Å². The van der Waals surface area contributed by atoms with Gasteiger partial charge < -0.3 is 9.64 Å². The molecule has 0 aliphatic carbocycles. The average molecular weight is 573 g/mol. The number of sulfonamides is 1. The van der Waals surface area contributed by atoms with Gasteiger partial charge in [-0.3, -0.25) is 14.0 Å². The van der Waals surface area contributed by atoms with Gasteiger partial charge >= 0.3 is 0 Å². The number of hydrogen-bond acceptors (Lipinski definition) is 7. The first-order valence-corrected chi connectivity index (χ1v) is 14.5. The fraction of sp³-hybridized carbons (Fsp3) is 0.259. The Morgan fingerprint density at radius 3 is 2.29 bits per heavy atom. The molecule has 0 aliphatic rings. The van der Waals surface area contributed by atoms with Crippen LogP contribution in [0.15, 0.2) is 71.6 Å². The fourth-order valence-electron chi connectivity index (χ4n) is 3.91. The minimum atomic E-state index is -3.80. The van der Waals surface area contributed by atoms with Gasteiger partial charge in [0, 0.05) is 19.2 Å². The third kappa shape index (κ3) is 5.78. The van der Waals surface area contributed by atoms with E-state index in [0.29, 0.717) is 45.6 Å². The number of methoxy groups -OCH3 is 1. The van der Waals surface area contributed by atoms with Gasteiger partial charge in [-0.2, -0.15) is 0 Å². The molecule has 0 atom stereocenters. The third-order valence-electron chi connectivity index (χ3n) is 6.01. The Balaban J connectivity index is 1.66. The van der Waals surface area contributed by atoms with Crippen LogP contribution in [-0.2, 0) is 10.0 Å². The minimum absolute atomic E-state index is 0.0936. The van der Waals surface area contributed by atoms with E-state index in [2.05, 4.69) is 0 Å². The largest absolute Gasteiger partial charge is 0.494 e. The highest BCUT2D eigenvalue weighted by molar-refractivity contribution is 7.92. The van der Waals surface area contributed by atoms with Gasteiger partial charge in [0.2, 0.25) is 0 Å². The molecule has 0 N–H and O–H groups in total. The number of fused-ring (bicyclic) bond motifs is 1. The van der Waals surface area contributed by atoms with E-state index in [4.69, 9.17) is 21.3 Å². The SMILES string of the molecule is COc1ccc(Cl)c2sc(N(CCCN(C)C)C(=O)c3ccc(S(=O)(=O)N(C)c4ccccc4)cc3)nc12. The summed E-state index contributed by atoms with van der Waals surface area (Å²) in [7, 11) is 3.21. The molecular weight excluding hydrogens is 544 g/mol. The number of carbonyl (C=O) groups excluding carboxylic acids is 1. The average Bonchev–Trinajstić information content (AvgIpc) is 3.37. The number of ether oxygens (including phenoxy) is 1. The third-order valence-corrected chi connectivity index (χ3v) is 9.35. The number of benzene rings is 3. The molecule has 0 spiro atoms. The van der Waals surface area contributed by atoms with E-state index in [0.717, 1.165) is 11.2 Å². The highest BCUT2D eigenvalue weighted by Crippen LogP contribution is 2.39. The number of carbonyl (C=O) groups is 1. The predicted octanol–water partition coefficient (Wildman–Crippen LogP) is 5.38. The molecule has 4 rings (SSSR count). The van der Waals surface area contributed by atoms with Gasteiger partial charge in [0.05, 0.1) is 27.4 Å². The highest BCUT2D eigenvalue weighted by Gasteiger charge is 2.25. The van der Waals surface area contributed by atoms with Crippen molar-refractivity contribution in [2.75, 3.05) is 50.5 Å². The van der Waals surface area contributed by atoms with E-state index in [1.54, 1.807) is 48.4 Å². The van der Waals surface area contributed by atoms with Gasteiger partial charge in [-0.15, -0.1) is 0 Å². The van der Waals surface area contributed by atoms with Crippen LogP contribution in [0.25, 0.3) is 10.2 Å². The van der Waals surface area contributed by atoms with Crippen molar-refractivity contribution in [1.29, 1.82) is 0 Å². The van der Waals surface area contributed by atoms with E-state index >= 15 is 0 Å². The summed E-state index contributed by atoms with van der Waals surface area (Å²) >= 11 is 7.74. The number of para-hydroxylation sites is 1. The summed E-state index contributed by atoms with van der Waals surface area (Å²) < 4.78 is 33.7. The summed E-state index contributed by atoms with van der Waals surface area (Å²) in [6.07, 6.45) is 0.716. The van der Waals surface area contributed by atoms with Gasteiger partial charge in [-0.1, -0.05) is 41.1 Å². The number of amides is 1. The molecule has 0 unspecified atom stereocenters. The molecule has 0 bridgehead atoms. The number of halogens is 1. The summed E-state index contributed by atoms with van der Waals surface area (Å²) in [6, 6.07) is 18.3. The summed E-state index contributed by atoms with van der Waals surface area (Å²) in [6.45, 7) is 1.20. The zero-order chi connectivity index (χ0) is 27.4. The summed E-state index contributed by atoms with van der Waals surface area (Å²) in [5, 5.41) is 1.03. The maximum atomic E-state index is 13.7. The Morgan fingerprint density at radius 2 is 1.66 bits per heavy atom. The van der Waals surface area contributed by atoms with E-state index in [1.807, 2.05) is 25.1 Å². The van der Waals surface area contributed by atoms with Gasteiger partial charge in [0.1, 0.15) is 11.3 Å². The van der Waals surface area contributed by atoms with Gasteiger partial charge in [-0.25, -0.2) is 13.4 Å². The normalized spacial score (nSPS) is 11.6. The van der Waals surface area contributed by atoms with Crippen molar-refractivity contribution in [1.82, 2.24) is 9.88 Å². The molecule has 8 nitrogen and oxygen atoms in total. The lowest BCUT2D eigenvalue weighted by Crippen LogP contribution is -2.33. The standard InChI is InChI=1S/C27H29ClN4O4S2/c1-30(2)17-8-18-32(27-29-24-23(36-4)16-15-22(28)25(24)37-27)26(33)19-11-13-21(14-12-19)38(34,35)31(3)20-9-6-5-7-10-20/h5-7,9-16H,8,17-18H2,1-4H3. The lowest BCUT2D eigenvalue weighted by molar-refractivity contribution is 0.0986. The van der Waals surface area contributed by atoms with Crippen LogP contribution < -0.4 is 13.9 Å². The molecule has 0 saturated carbocycles. The molecule has 38 heavy (non-hydrogen) atoms. The summed E-state index contributed by atoms with van der Waals surface area (Å²) in [5.41, 5.74) is 1.49. The molecular formula is C27H29ClN4O4S2. The molecule has 1 heterocycles. The highest BCUT2D eigenvalue weighted by atomic mass is 35.5. The van der Waals surface area contributed by atoms with E-state index in [1.165, 1.54) is 47.0 Å². The monoisotopic (exact) mass is 572 g/mol. The van der Waals surface area contributed by atoms with Gasteiger partial charge in [0.15, 0.2) is 5.13 Å². The second-order valence-corrected chi connectivity index (χ2v) is 12.2. The Hall–Kier alpha value is -3.18. The van der Waals surface area contributed by atoms with Crippen molar-refractivity contribution in [2.24, 2.45) is 0 Å². The van der Waals surface area contributed by atoms with Crippen LogP contribution in [0.3, 0.4) is 0 Å². The number of thiazole rings is 1. The summed E-state index contributed by atoms with van der Waals surface area (Å²) in [4.78, 5) is 22.2. The number of aromatic nitrogens is 1. The first kappa shape index (κ1) is 27.8. The molecule has 0 saturated heterocycles. The Kier molecular flexibility index (Phi) is 8.57. The Labute approximate surface area is 232 Å². The van der Waals surface area contributed by atoms with Crippen molar-refractivity contribution < 1.29 is 17.9 Å². The van der Waals surface area contributed by atoms with Crippen LogP contribution in [0.4, 0.5) is 10.8 Å². The van der Waals surface area contributed by atoms with Crippen molar-refractivity contribution in [3.63, 3.8) is 0 Å². The van der Waals surface area contributed by atoms with Crippen molar-refractivity contribution in [3.05, 3.63) is 77.3 Å². The Bertz CT molecular complexity index is 1520. The van der Waals surface area contributed by atoms with Crippen LogP contribution in [0, 0.1) is 0 Å². The molecule has 0 radical (unpaired) electrons. The quantitative estimate of drug-likeness (QED) is 0.254. The number of nitrogens with zero attached hydrogens (tertiary/aromatic N) is 4. The van der Waals surface area contributed by atoms with E-state index in [9.17, 15) is 13.2 Å². The maximum absolute atomic E-state index is 13.7. The predicted molar refractivity (Wildman–Crippen MR) is 155 cm³/mol. The lowest BCUT2D eigenvalue weighted by Gasteiger charge is -2.22. The van der Waals surface area contributed by atoms with Crippen LogP contribution in [0.1, 0.15) is 16.8 Å². The molecule has 1 amide bonds. The zero-order valence-corrected chi connectivity index (χ0v) is 24.0. The van der Waals surface area contributed by atoms with Crippen LogP contribution in [-0.4, -0.2) is 65.6 Å². The molecule has 0 fully saturated rings. The van der Waals surface area contributed by atoms with Crippen LogP contribution >= 0.6 is 22.9 Å². The number of rotatable bonds is 10. The maximum Gasteiger partial charge on any atom is 0.264 e. The molecule has 200 valence electrons. The first-order chi connectivity index (χ1) is 18.1. The minimum Gasteiger partial charge on any atom is -0.494 e. The molecule has 11 heteroatoms. The second-order valence-electron chi connectivity index (χ2n) is 8.87. The van der Waals surface area contributed by atoms with Gasteiger partial charge in [0.25, 0.3) is 15.9 Å². The molecule has 1 aromatic heterocycles. The molecule has 0 aliphatic heterocycles. The fourth-order valence-corrected chi connectivity index (χ4v) is 6.39. The van der Waals surface area contributed by atoms with E-state index in [-0.39, 0.29) is 10.8 Å². The zero-order valence-electron chi connectivity index (χ0n) is 21.6. The first-order valence-electron chi connectivity index (χ1n) is 11.9. The van der Waals surface area contributed by atoms with E-state index < -0.39 is 10.0 Å². The van der Waals surface area contributed by atoms with Gasteiger partial charge in [-0.05, 0) is 75.6 Å². The summed E-state index contributed by atoms with van der Waals surface area (Å²) in [5.74, 6) is 0.294. The number of hydrogen-bond donors (Lipinski definition) is 0. The van der Waals surface area contributed by atoms with Crippen LogP contribution in [0.2, 0.25) is 5.02 Å². The van der Waals surface area contributed by atoms with Crippen LogP contribution in [0.5, 0.6) is 5.75 Å². The second kappa shape index (κ2) is 11.7. The smallest absolute Gasteiger partial charge is 0.264 e. The van der Waals surface area contributed by atoms with Crippen molar-refractivity contribution in [2.45, 2.75) is 11.3 Å².